The number of rotatable bonds is 6. The summed E-state index contributed by atoms with van der Waals surface area (Å²) in [6, 6.07) is 3.18. The van der Waals surface area contributed by atoms with E-state index >= 15 is 0 Å². The van der Waals surface area contributed by atoms with Crippen molar-refractivity contribution < 1.29 is 26.2 Å². The van der Waals surface area contributed by atoms with Gasteiger partial charge in [0.2, 0.25) is 0 Å². The van der Waals surface area contributed by atoms with Crippen LogP contribution in [0.5, 0.6) is 0 Å². The number of hydrogen-bond acceptors (Lipinski definition) is 8. The number of nitrogens with zero attached hydrogens (tertiary/aromatic N) is 1. The summed E-state index contributed by atoms with van der Waals surface area (Å²) in [6.45, 7) is 8.21. The maximum Gasteiger partial charge on any atom is 0.267 e. The Morgan fingerprint density at radius 3 is 2.27 bits per heavy atom. The molecule has 13 heteroatoms. The van der Waals surface area contributed by atoms with Crippen LogP contribution in [-0.2, 0) is 19.9 Å². The van der Waals surface area contributed by atoms with Crippen molar-refractivity contribution in [3.8, 4) is 0 Å². The zero-order chi connectivity index (χ0) is 24.9. The zero-order valence-electron chi connectivity index (χ0n) is 18.7. The standard InChI is InChI=1S/C20H22ClN3O6S3/c1-9-7-10(2)16(14(8-9)32(6,26)27)22-19(25)17-18(11(3)13(5)31-17)33(28,29)24-20-15(21)12(4)23-30-20/h7-8,24H,1-6H3,(H,22,25). The second-order valence-electron chi connectivity index (χ2n) is 7.64. The molecule has 33 heavy (non-hydrogen) atoms. The van der Waals surface area contributed by atoms with Crippen molar-refractivity contribution >= 4 is 60.3 Å². The predicted molar refractivity (Wildman–Crippen MR) is 128 cm³/mol. The van der Waals surface area contributed by atoms with Crippen LogP contribution in [0.4, 0.5) is 11.6 Å². The quantitative estimate of drug-likeness (QED) is 0.481. The van der Waals surface area contributed by atoms with Crippen LogP contribution >= 0.6 is 22.9 Å². The lowest BCUT2D eigenvalue weighted by Crippen LogP contribution is -2.20. The van der Waals surface area contributed by atoms with Gasteiger partial charge in [-0.05, 0) is 57.4 Å². The molecule has 0 saturated heterocycles. The first-order valence-corrected chi connectivity index (χ1v) is 14.1. The molecule has 0 unspecified atom stereocenters. The fraction of sp³-hybridized carbons (Fsp3) is 0.300. The molecule has 2 aromatic heterocycles. The van der Waals surface area contributed by atoms with E-state index in [-0.39, 0.29) is 31.3 Å². The van der Waals surface area contributed by atoms with Crippen molar-refractivity contribution in [1.29, 1.82) is 0 Å². The molecule has 2 N–H and O–H groups in total. The number of nitrogens with one attached hydrogen (secondary N) is 2. The van der Waals surface area contributed by atoms with E-state index < -0.39 is 25.8 Å². The Hall–Kier alpha value is -2.41. The number of halogens is 1. The Balaban J connectivity index is 2.09. The normalized spacial score (nSPS) is 12.1. The average Bonchev–Trinajstić information content (AvgIpc) is 3.16. The lowest BCUT2D eigenvalue weighted by Gasteiger charge is -2.14. The monoisotopic (exact) mass is 531 g/mol. The highest BCUT2D eigenvalue weighted by Gasteiger charge is 2.31. The number of anilines is 2. The molecule has 9 nitrogen and oxygen atoms in total. The summed E-state index contributed by atoms with van der Waals surface area (Å²) in [4.78, 5) is 13.4. The Morgan fingerprint density at radius 2 is 1.73 bits per heavy atom. The fourth-order valence-electron chi connectivity index (χ4n) is 3.23. The first-order chi connectivity index (χ1) is 15.1. The van der Waals surface area contributed by atoms with Crippen LogP contribution in [-0.4, -0.2) is 34.2 Å². The highest BCUT2D eigenvalue weighted by Crippen LogP contribution is 2.36. The second kappa shape index (κ2) is 8.75. The van der Waals surface area contributed by atoms with Crippen LogP contribution in [0.2, 0.25) is 5.02 Å². The van der Waals surface area contributed by atoms with Gasteiger partial charge in [-0.3, -0.25) is 4.79 Å². The molecule has 0 bridgehead atoms. The van der Waals surface area contributed by atoms with Gasteiger partial charge in [-0.1, -0.05) is 22.8 Å². The van der Waals surface area contributed by atoms with E-state index in [9.17, 15) is 21.6 Å². The molecule has 0 radical (unpaired) electrons. The first kappa shape index (κ1) is 25.2. The van der Waals surface area contributed by atoms with Gasteiger partial charge in [0.25, 0.3) is 21.8 Å². The van der Waals surface area contributed by atoms with Gasteiger partial charge in [0, 0.05) is 11.1 Å². The molecule has 0 spiro atoms. The Morgan fingerprint density at radius 1 is 1.09 bits per heavy atom. The number of sulfonamides is 1. The smallest absolute Gasteiger partial charge is 0.267 e. The Bertz CT molecular complexity index is 1490. The minimum atomic E-state index is -4.29. The second-order valence-corrected chi connectivity index (χ2v) is 12.8. The molecule has 0 atom stereocenters. The maximum atomic E-state index is 13.2. The molecule has 3 rings (SSSR count). The number of sulfone groups is 1. The Labute approximate surface area is 201 Å². The van der Waals surface area contributed by atoms with E-state index in [1.807, 2.05) is 0 Å². The van der Waals surface area contributed by atoms with Crippen LogP contribution < -0.4 is 10.0 Å². The SMILES string of the molecule is Cc1cc(C)c(NC(=O)c2sc(C)c(C)c2S(=O)(=O)Nc2onc(C)c2Cl)c(S(C)(=O)=O)c1. The molecule has 3 aromatic rings. The number of amides is 1. The van der Waals surface area contributed by atoms with Gasteiger partial charge in [0.05, 0.1) is 10.6 Å². The summed E-state index contributed by atoms with van der Waals surface area (Å²) in [6.07, 6.45) is 1.04. The van der Waals surface area contributed by atoms with Gasteiger partial charge in [0.1, 0.15) is 20.5 Å². The first-order valence-electron chi connectivity index (χ1n) is 9.50. The minimum absolute atomic E-state index is 0.00209. The largest absolute Gasteiger partial charge is 0.336 e. The lowest BCUT2D eigenvalue weighted by atomic mass is 10.1. The van der Waals surface area contributed by atoms with Gasteiger partial charge < -0.3 is 9.84 Å². The third kappa shape index (κ3) is 4.93. The molecule has 0 aliphatic rings. The summed E-state index contributed by atoms with van der Waals surface area (Å²) in [5, 5.41) is 6.22. The Kier molecular flexibility index (Phi) is 6.68. The predicted octanol–water partition coefficient (Wildman–Crippen LogP) is 4.39. The van der Waals surface area contributed by atoms with Crippen molar-refractivity contribution in [3.05, 3.63) is 49.3 Å². The van der Waals surface area contributed by atoms with E-state index in [4.69, 9.17) is 16.1 Å². The van der Waals surface area contributed by atoms with Gasteiger partial charge in [0.15, 0.2) is 9.84 Å². The average molecular weight is 532 g/mol. The maximum absolute atomic E-state index is 13.2. The molecule has 0 fully saturated rings. The fourth-order valence-corrected chi connectivity index (χ4v) is 7.23. The van der Waals surface area contributed by atoms with Crippen LogP contribution in [0.15, 0.2) is 26.4 Å². The zero-order valence-corrected chi connectivity index (χ0v) is 21.9. The summed E-state index contributed by atoms with van der Waals surface area (Å²) >= 11 is 7.01. The summed E-state index contributed by atoms with van der Waals surface area (Å²) in [5.74, 6) is -1.02. The summed E-state index contributed by atoms with van der Waals surface area (Å²) in [5.41, 5.74) is 2.00. The highest BCUT2D eigenvalue weighted by atomic mass is 35.5. The molecule has 2 heterocycles. The third-order valence-corrected chi connectivity index (χ3v) is 9.31. The molecular formula is C20H22ClN3O6S3. The van der Waals surface area contributed by atoms with Crippen LogP contribution in [0.1, 0.15) is 36.9 Å². The molecule has 1 aromatic carbocycles. The number of hydrogen-bond donors (Lipinski definition) is 2. The molecule has 0 aliphatic carbocycles. The van der Waals surface area contributed by atoms with E-state index in [0.29, 0.717) is 27.3 Å². The number of benzene rings is 1. The molecule has 0 saturated carbocycles. The summed E-state index contributed by atoms with van der Waals surface area (Å²) < 4.78 is 58.2. The van der Waals surface area contributed by atoms with E-state index in [0.717, 1.165) is 17.6 Å². The number of thiophene rings is 1. The molecule has 178 valence electrons. The van der Waals surface area contributed by atoms with Crippen molar-refractivity contribution in [2.45, 2.75) is 44.4 Å². The van der Waals surface area contributed by atoms with E-state index in [1.165, 1.54) is 6.07 Å². The number of aryl methyl sites for hydroxylation is 4. The minimum Gasteiger partial charge on any atom is -0.336 e. The molecule has 1 amide bonds. The topological polar surface area (TPSA) is 135 Å². The third-order valence-electron chi connectivity index (χ3n) is 4.90. The number of carbonyl (C=O) groups is 1. The van der Waals surface area contributed by atoms with Crippen LogP contribution in [0.3, 0.4) is 0 Å². The summed E-state index contributed by atoms with van der Waals surface area (Å²) in [7, 11) is -7.96. The van der Waals surface area contributed by atoms with Crippen molar-refractivity contribution in [2.24, 2.45) is 0 Å². The number of aromatic nitrogens is 1. The van der Waals surface area contributed by atoms with Crippen LogP contribution in [0, 0.1) is 34.6 Å². The van der Waals surface area contributed by atoms with Crippen molar-refractivity contribution in [2.75, 3.05) is 16.3 Å². The lowest BCUT2D eigenvalue weighted by molar-refractivity contribution is 0.102. The van der Waals surface area contributed by atoms with E-state index in [2.05, 4.69) is 15.2 Å². The number of carbonyl (C=O) groups excluding carboxylic acids is 1. The van der Waals surface area contributed by atoms with Crippen LogP contribution in [0.25, 0.3) is 0 Å². The van der Waals surface area contributed by atoms with E-state index in [1.54, 1.807) is 40.7 Å². The van der Waals surface area contributed by atoms with Gasteiger partial charge in [-0.25, -0.2) is 21.6 Å². The molecule has 0 aliphatic heterocycles. The van der Waals surface area contributed by atoms with Gasteiger partial charge >= 0.3 is 0 Å². The van der Waals surface area contributed by atoms with Crippen molar-refractivity contribution in [3.63, 3.8) is 0 Å². The highest BCUT2D eigenvalue weighted by molar-refractivity contribution is 7.93. The van der Waals surface area contributed by atoms with Gasteiger partial charge in [-0.2, -0.15) is 0 Å². The van der Waals surface area contributed by atoms with Crippen molar-refractivity contribution in [1.82, 2.24) is 5.16 Å². The van der Waals surface area contributed by atoms with Gasteiger partial charge in [-0.15, -0.1) is 11.3 Å². The molecular weight excluding hydrogens is 510 g/mol.